The zero-order chi connectivity index (χ0) is 9.26. The lowest BCUT2D eigenvalue weighted by Gasteiger charge is -2.41. The Balaban J connectivity index is 1.76. The Morgan fingerprint density at radius 2 is 1.85 bits per heavy atom. The molecule has 0 aromatic rings. The lowest BCUT2D eigenvalue weighted by molar-refractivity contribution is 0.143. The zero-order valence-electron chi connectivity index (χ0n) is 8.79. The molecule has 2 unspecified atom stereocenters. The third-order valence-corrected chi connectivity index (χ3v) is 3.64. The summed E-state index contributed by atoms with van der Waals surface area (Å²) in [4.78, 5) is 0. The van der Waals surface area contributed by atoms with Crippen molar-refractivity contribution in [2.45, 2.75) is 51.6 Å². The monoisotopic (exact) mass is 179 g/mol. The number of nitrogens with one attached hydrogen (secondary N) is 1. The molecule has 1 fully saturated rings. The molecule has 2 aliphatic carbocycles. The fourth-order valence-electron chi connectivity index (χ4n) is 2.59. The molecule has 1 N–H and O–H groups in total. The van der Waals surface area contributed by atoms with Crippen LogP contribution in [0.1, 0.15) is 39.5 Å². The number of hydrogen-bond donors (Lipinski definition) is 1. The van der Waals surface area contributed by atoms with E-state index in [2.05, 4.69) is 31.3 Å². The molecule has 0 aromatic carbocycles. The molecule has 0 spiro atoms. The minimum absolute atomic E-state index is 0.756. The minimum atomic E-state index is 0.756. The summed E-state index contributed by atoms with van der Waals surface area (Å²) >= 11 is 0. The fourth-order valence-corrected chi connectivity index (χ4v) is 2.59. The predicted molar refractivity (Wildman–Crippen MR) is 56.6 cm³/mol. The second-order valence-electron chi connectivity index (χ2n) is 4.90. The van der Waals surface area contributed by atoms with Crippen LogP contribution in [0.4, 0.5) is 0 Å². The van der Waals surface area contributed by atoms with E-state index >= 15 is 0 Å². The maximum atomic E-state index is 3.78. The van der Waals surface area contributed by atoms with Gasteiger partial charge in [-0.15, -0.1) is 0 Å². The van der Waals surface area contributed by atoms with Crippen molar-refractivity contribution in [3.8, 4) is 0 Å². The summed E-state index contributed by atoms with van der Waals surface area (Å²) in [5.41, 5.74) is 0. The molecule has 0 saturated heterocycles. The van der Waals surface area contributed by atoms with Crippen LogP contribution >= 0.6 is 0 Å². The molecular weight excluding hydrogens is 158 g/mol. The first-order chi connectivity index (χ1) is 6.27. The van der Waals surface area contributed by atoms with Crippen LogP contribution in [0.5, 0.6) is 0 Å². The van der Waals surface area contributed by atoms with Crippen molar-refractivity contribution in [2.75, 3.05) is 0 Å². The molecule has 0 aliphatic heterocycles. The van der Waals surface area contributed by atoms with Gasteiger partial charge in [0, 0.05) is 12.1 Å². The Morgan fingerprint density at radius 3 is 2.31 bits per heavy atom. The van der Waals surface area contributed by atoms with Crippen LogP contribution in [0.15, 0.2) is 12.2 Å². The number of rotatable bonds is 3. The van der Waals surface area contributed by atoms with Crippen LogP contribution in [-0.4, -0.2) is 12.1 Å². The van der Waals surface area contributed by atoms with Crippen molar-refractivity contribution in [2.24, 2.45) is 11.8 Å². The van der Waals surface area contributed by atoms with Gasteiger partial charge in [0.25, 0.3) is 0 Å². The van der Waals surface area contributed by atoms with E-state index in [9.17, 15) is 0 Å². The van der Waals surface area contributed by atoms with Gasteiger partial charge in [0.2, 0.25) is 0 Å². The summed E-state index contributed by atoms with van der Waals surface area (Å²) in [5, 5.41) is 3.78. The van der Waals surface area contributed by atoms with Gasteiger partial charge in [-0.05, 0) is 37.5 Å². The van der Waals surface area contributed by atoms with E-state index in [0.29, 0.717) is 0 Å². The van der Waals surface area contributed by atoms with Crippen molar-refractivity contribution in [3.05, 3.63) is 12.2 Å². The molecule has 1 saturated carbocycles. The van der Waals surface area contributed by atoms with E-state index in [4.69, 9.17) is 0 Å². The van der Waals surface area contributed by atoms with E-state index in [1.165, 1.54) is 25.7 Å². The van der Waals surface area contributed by atoms with Crippen molar-refractivity contribution in [1.29, 1.82) is 0 Å². The summed E-state index contributed by atoms with van der Waals surface area (Å²) in [7, 11) is 0. The van der Waals surface area contributed by atoms with Gasteiger partial charge < -0.3 is 5.32 Å². The molecule has 0 radical (unpaired) electrons. The molecular formula is C12H21N. The molecule has 0 aromatic heterocycles. The average Bonchev–Trinajstić information content (AvgIpc) is 2.48. The number of hydrogen-bond acceptors (Lipinski definition) is 1. The van der Waals surface area contributed by atoms with Crippen molar-refractivity contribution in [1.82, 2.24) is 5.32 Å². The first-order valence-electron chi connectivity index (χ1n) is 5.68. The first-order valence-corrected chi connectivity index (χ1v) is 5.68. The molecule has 0 heterocycles. The average molecular weight is 179 g/mol. The Bertz CT molecular complexity index is 187. The van der Waals surface area contributed by atoms with Crippen molar-refractivity contribution < 1.29 is 0 Å². The first kappa shape index (κ1) is 9.26. The SMILES string of the molecule is CC(C)C1CCC1NC1CC=CC1. The molecule has 2 aliphatic rings. The topological polar surface area (TPSA) is 12.0 Å². The largest absolute Gasteiger partial charge is 0.310 e. The molecule has 0 bridgehead atoms. The summed E-state index contributed by atoms with van der Waals surface area (Å²) in [6.07, 6.45) is 9.96. The van der Waals surface area contributed by atoms with Crippen LogP contribution in [0.3, 0.4) is 0 Å². The standard InChI is InChI=1S/C12H21N/c1-9(2)11-7-8-12(11)13-10-5-3-4-6-10/h3-4,9-13H,5-8H2,1-2H3. The van der Waals surface area contributed by atoms with E-state index in [-0.39, 0.29) is 0 Å². The van der Waals surface area contributed by atoms with Crippen LogP contribution in [-0.2, 0) is 0 Å². The Kier molecular flexibility index (Phi) is 2.73. The smallest absolute Gasteiger partial charge is 0.0139 e. The summed E-state index contributed by atoms with van der Waals surface area (Å²) < 4.78 is 0. The van der Waals surface area contributed by atoms with Crippen LogP contribution < -0.4 is 5.32 Å². The fraction of sp³-hybridized carbons (Fsp3) is 0.833. The van der Waals surface area contributed by atoms with Gasteiger partial charge in [0.1, 0.15) is 0 Å². The highest BCUT2D eigenvalue weighted by Crippen LogP contribution is 2.34. The molecule has 74 valence electrons. The lowest BCUT2D eigenvalue weighted by atomic mass is 9.72. The van der Waals surface area contributed by atoms with Crippen LogP contribution in [0, 0.1) is 11.8 Å². The second kappa shape index (κ2) is 3.83. The van der Waals surface area contributed by atoms with Crippen molar-refractivity contribution >= 4 is 0 Å². The van der Waals surface area contributed by atoms with Gasteiger partial charge >= 0.3 is 0 Å². The molecule has 13 heavy (non-hydrogen) atoms. The zero-order valence-corrected chi connectivity index (χ0v) is 8.79. The van der Waals surface area contributed by atoms with Crippen LogP contribution in [0.2, 0.25) is 0 Å². The summed E-state index contributed by atoms with van der Waals surface area (Å²) in [6, 6.07) is 1.58. The highest BCUT2D eigenvalue weighted by atomic mass is 15.0. The molecule has 2 rings (SSSR count). The van der Waals surface area contributed by atoms with E-state index in [1.807, 2.05) is 0 Å². The normalized spacial score (nSPS) is 34.1. The molecule has 0 amide bonds. The van der Waals surface area contributed by atoms with Gasteiger partial charge in [-0.2, -0.15) is 0 Å². The second-order valence-corrected chi connectivity index (χ2v) is 4.90. The third kappa shape index (κ3) is 1.96. The quantitative estimate of drug-likeness (QED) is 0.657. The van der Waals surface area contributed by atoms with Gasteiger partial charge in [-0.1, -0.05) is 26.0 Å². The predicted octanol–water partition coefficient (Wildman–Crippen LogP) is 2.73. The van der Waals surface area contributed by atoms with Gasteiger partial charge in [-0.25, -0.2) is 0 Å². The Labute approximate surface area is 81.6 Å². The minimum Gasteiger partial charge on any atom is -0.310 e. The highest BCUT2D eigenvalue weighted by molar-refractivity contribution is 5.00. The maximum Gasteiger partial charge on any atom is 0.0139 e. The Morgan fingerprint density at radius 1 is 1.15 bits per heavy atom. The van der Waals surface area contributed by atoms with Crippen molar-refractivity contribution in [3.63, 3.8) is 0 Å². The Hall–Kier alpha value is -0.300. The van der Waals surface area contributed by atoms with E-state index in [0.717, 1.165) is 23.9 Å². The highest BCUT2D eigenvalue weighted by Gasteiger charge is 2.33. The summed E-state index contributed by atoms with van der Waals surface area (Å²) in [5.74, 6) is 1.81. The molecule has 1 nitrogen and oxygen atoms in total. The molecule has 1 heteroatoms. The molecule has 2 atom stereocenters. The van der Waals surface area contributed by atoms with E-state index in [1.54, 1.807) is 0 Å². The van der Waals surface area contributed by atoms with Gasteiger partial charge in [0.15, 0.2) is 0 Å². The lowest BCUT2D eigenvalue weighted by Crippen LogP contribution is -2.49. The third-order valence-electron chi connectivity index (χ3n) is 3.64. The van der Waals surface area contributed by atoms with Gasteiger partial charge in [-0.3, -0.25) is 0 Å². The maximum absolute atomic E-state index is 3.78. The van der Waals surface area contributed by atoms with Crippen LogP contribution in [0.25, 0.3) is 0 Å². The van der Waals surface area contributed by atoms with Gasteiger partial charge in [0.05, 0.1) is 0 Å². The van der Waals surface area contributed by atoms with E-state index < -0.39 is 0 Å². The summed E-state index contributed by atoms with van der Waals surface area (Å²) in [6.45, 7) is 4.71.